The van der Waals surface area contributed by atoms with Crippen LogP contribution in [0.4, 0.5) is 0 Å². The van der Waals surface area contributed by atoms with Crippen molar-refractivity contribution < 1.29 is 9.63 Å². The van der Waals surface area contributed by atoms with Gasteiger partial charge in [-0.2, -0.15) is 5.48 Å². The van der Waals surface area contributed by atoms with Crippen molar-refractivity contribution in [2.45, 2.75) is 72.4 Å². The molecular weight excluding hydrogens is 202 g/mol. The maximum Gasteiger partial charge on any atom is 0.168 e. The normalized spacial score (nSPS) is 13.2. The third kappa shape index (κ3) is 5.08. The number of hydrogen-bond acceptors (Lipinski definition) is 3. The van der Waals surface area contributed by atoms with E-state index in [1.807, 2.05) is 27.7 Å². The SMILES string of the molecule is CCCC(C)(C)NOC(C)(C)C(=O)C(C)C. The Morgan fingerprint density at radius 2 is 1.75 bits per heavy atom. The van der Waals surface area contributed by atoms with Crippen LogP contribution < -0.4 is 5.48 Å². The van der Waals surface area contributed by atoms with E-state index in [9.17, 15) is 4.79 Å². The quantitative estimate of drug-likeness (QED) is 0.682. The second-order valence-electron chi connectivity index (χ2n) is 5.87. The molecule has 0 saturated carbocycles. The summed E-state index contributed by atoms with van der Waals surface area (Å²) in [7, 11) is 0. The molecule has 0 radical (unpaired) electrons. The molecule has 0 saturated heterocycles. The van der Waals surface area contributed by atoms with Crippen molar-refractivity contribution >= 4 is 5.78 Å². The van der Waals surface area contributed by atoms with E-state index in [-0.39, 0.29) is 17.2 Å². The number of carbonyl (C=O) groups excluding carboxylic acids is 1. The van der Waals surface area contributed by atoms with Crippen LogP contribution >= 0.6 is 0 Å². The van der Waals surface area contributed by atoms with Crippen LogP contribution in [0.3, 0.4) is 0 Å². The summed E-state index contributed by atoms with van der Waals surface area (Å²) in [5, 5.41) is 0. The highest BCUT2D eigenvalue weighted by molar-refractivity contribution is 5.88. The zero-order chi connectivity index (χ0) is 13.0. The van der Waals surface area contributed by atoms with Crippen molar-refractivity contribution in [2.24, 2.45) is 5.92 Å². The summed E-state index contributed by atoms with van der Waals surface area (Å²) in [6, 6.07) is 0. The monoisotopic (exact) mass is 229 g/mol. The predicted molar refractivity (Wildman–Crippen MR) is 67.1 cm³/mol. The van der Waals surface area contributed by atoms with Crippen molar-refractivity contribution in [1.29, 1.82) is 0 Å². The van der Waals surface area contributed by atoms with Gasteiger partial charge in [-0.1, -0.05) is 27.2 Å². The molecule has 0 spiro atoms. The fourth-order valence-corrected chi connectivity index (χ4v) is 1.69. The van der Waals surface area contributed by atoms with Gasteiger partial charge in [0.1, 0.15) is 5.60 Å². The topological polar surface area (TPSA) is 38.3 Å². The Morgan fingerprint density at radius 1 is 1.25 bits per heavy atom. The van der Waals surface area contributed by atoms with Gasteiger partial charge in [-0.05, 0) is 34.1 Å². The van der Waals surface area contributed by atoms with Gasteiger partial charge in [-0.25, -0.2) is 0 Å². The summed E-state index contributed by atoms with van der Waals surface area (Å²) in [6.45, 7) is 13.7. The van der Waals surface area contributed by atoms with Gasteiger partial charge in [0.25, 0.3) is 0 Å². The van der Waals surface area contributed by atoms with Gasteiger partial charge in [0.15, 0.2) is 5.78 Å². The molecule has 1 N–H and O–H groups in total. The van der Waals surface area contributed by atoms with E-state index >= 15 is 0 Å². The number of hydrogen-bond donors (Lipinski definition) is 1. The fourth-order valence-electron chi connectivity index (χ4n) is 1.69. The lowest BCUT2D eigenvalue weighted by Gasteiger charge is -2.32. The number of carbonyl (C=O) groups is 1. The molecule has 0 aromatic carbocycles. The molecular formula is C13H27NO2. The van der Waals surface area contributed by atoms with Crippen LogP contribution in [-0.4, -0.2) is 16.9 Å². The summed E-state index contributed by atoms with van der Waals surface area (Å²) >= 11 is 0. The number of rotatable bonds is 7. The van der Waals surface area contributed by atoms with Gasteiger partial charge in [0, 0.05) is 11.5 Å². The largest absolute Gasteiger partial charge is 0.296 e. The van der Waals surface area contributed by atoms with Crippen molar-refractivity contribution in [3.05, 3.63) is 0 Å². The molecule has 0 aliphatic rings. The Hall–Kier alpha value is -0.410. The summed E-state index contributed by atoms with van der Waals surface area (Å²) in [6.07, 6.45) is 2.10. The van der Waals surface area contributed by atoms with Crippen molar-refractivity contribution in [3.63, 3.8) is 0 Å². The molecule has 0 aromatic rings. The first-order valence-electron chi connectivity index (χ1n) is 6.12. The number of nitrogens with one attached hydrogen (secondary N) is 1. The minimum Gasteiger partial charge on any atom is -0.296 e. The minimum atomic E-state index is -0.765. The third-order valence-corrected chi connectivity index (χ3v) is 2.58. The fraction of sp³-hybridized carbons (Fsp3) is 0.923. The van der Waals surface area contributed by atoms with E-state index in [0.29, 0.717) is 0 Å². The molecule has 3 nitrogen and oxygen atoms in total. The van der Waals surface area contributed by atoms with Crippen molar-refractivity contribution in [1.82, 2.24) is 5.48 Å². The maximum atomic E-state index is 11.9. The van der Waals surface area contributed by atoms with Gasteiger partial charge < -0.3 is 0 Å². The Balaban J connectivity index is 4.33. The smallest absolute Gasteiger partial charge is 0.168 e. The zero-order valence-corrected chi connectivity index (χ0v) is 11.8. The van der Waals surface area contributed by atoms with Crippen LogP contribution in [0.5, 0.6) is 0 Å². The van der Waals surface area contributed by atoms with Gasteiger partial charge in [-0.3, -0.25) is 9.63 Å². The number of Topliss-reactive ketones (excluding diaryl/α,β-unsaturated/α-hetero) is 1. The van der Waals surface area contributed by atoms with Gasteiger partial charge in [0.05, 0.1) is 0 Å². The molecule has 0 aliphatic carbocycles. The van der Waals surface area contributed by atoms with E-state index in [0.717, 1.165) is 12.8 Å². The molecule has 0 heterocycles. The molecule has 0 atom stereocenters. The average molecular weight is 229 g/mol. The van der Waals surface area contributed by atoms with E-state index in [4.69, 9.17) is 4.84 Å². The van der Waals surface area contributed by atoms with Gasteiger partial charge >= 0.3 is 0 Å². The maximum absolute atomic E-state index is 11.9. The lowest BCUT2D eigenvalue weighted by atomic mass is 9.94. The second kappa shape index (κ2) is 5.78. The first-order valence-corrected chi connectivity index (χ1v) is 6.12. The lowest BCUT2D eigenvalue weighted by Crippen LogP contribution is -2.49. The molecule has 3 heteroatoms. The van der Waals surface area contributed by atoms with Gasteiger partial charge in [0.2, 0.25) is 0 Å². The number of ketones is 1. The highest BCUT2D eigenvalue weighted by atomic mass is 16.7. The molecule has 0 amide bonds. The standard InChI is InChI=1S/C13H27NO2/c1-8-9-12(4,5)14-16-13(6,7)11(15)10(2)3/h10,14H,8-9H2,1-7H3. The Kier molecular flexibility index (Phi) is 5.63. The molecule has 0 aliphatic heterocycles. The summed E-state index contributed by atoms with van der Waals surface area (Å²) in [5.41, 5.74) is 2.16. The molecule has 0 rings (SSSR count). The Labute approximate surface area is 99.9 Å². The number of hydroxylamine groups is 1. The molecule has 0 unspecified atom stereocenters. The van der Waals surface area contributed by atoms with E-state index in [1.54, 1.807) is 0 Å². The van der Waals surface area contributed by atoms with Crippen molar-refractivity contribution in [2.75, 3.05) is 0 Å². The second-order valence-corrected chi connectivity index (χ2v) is 5.87. The third-order valence-electron chi connectivity index (χ3n) is 2.58. The highest BCUT2D eigenvalue weighted by Crippen LogP contribution is 2.18. The lowest BCUT2D eigenvalue weighted by molar-refractivity contribution is -0.161. The molecule has 96 valence electrons. The van der Waals surface area contributed by atoms with Crippen LogP contribution in [0, 0.1) is 5.92 Å². The van der Waals surface area contributed by atoms with Crippen LogP contribution in [0.25, 0.3) is 0 Å². The first kappa shape index (κ1) is 15.6. The minimum absolute atomic E-state index is 0.00825. The van der Waals surface area contributed by atoms with E-state index in [1.165, 1.54) is 0 Å². The van der Waals surface area contributed by atoms with E-state index in [2.05, 4.69) is 26.3 Å². The zero-order valence-electron chi connectivity index (χ0n) is 11.8. The molecule has 0 bridgehead atoms. The van der Waals surface area contributed by atoms with Crippen LogP contribution in [0.2, 0.25) is 0 Å². The van der Waals surface area contributed by atoms with E-state index < -0.39 is 5.60 Å². The summed E-state index contributed by atoms with van der Waals surface area (Å²) in [5.74, 6) is 0.110. The summed E-state index contributed by atoms with van der Waals surface area (Å²) in [4.78, 5) is 17.4. The van der Waals surface area contributed by atoms with Crippen LogP contribution in [0.1, 0.15) is 61.3 Å². The Bertz CT molecular complexity index is 232. The molecule has 0 aromatic heterocycles. The summed E-state index contributed by atoms with van der Waals surface area (Å²) < 4.78 is 0. The van der Waals surface area contributed by atoms with Gasteiger partial charge in [-0.15, -0.1) is 0 Å². The van der Waals surface area contributed by atoms with Crippen LogP contribution in [0.15, 0.2) is 0 Å². The van der Waals surface area contributed by atoms with Crippen molar-refractivity contribution in [3.8, 4) is 0 Å². The highest BCUT2D eigenvalue weighted by Gasteiger charge is 2.32. The first-order chi connectivity index (χ1) is 7.12. The molecule has 0 fully saturated rings. The average Bonchev–Trinajstić information content (AvgIpc) is 2.14. The molecule has 16 heavy (non-hydrogen) atoms. The van der Waals surface area contributed by atoms with Crippen LogP contribution in [-0.2, 0) is 9.63 Å². The Morgan fingerprint density at radius 3 is 2.12 bits per heavy atom. The predicted octanol–water partition coefficient (Wildman–Crippen LogP) is 3.09.